The summed E-state index contributed by atoms with van der Waals surface area (Å²) in [6.07, 6.45) is 6.30. The van der Waals surface area contributed by atoms with E-state index in [4.69, 9.17) is 14.2 Å². The summed E-state index contributed by atoms with van der Waals surface area (Å²) in [5.41, 5.74) is 7.64. The standard InChI is InChI=1S/C28H26O3/c1-4-15-31-21-7-5-19(6-8-21)25-18-28(27-12-10-23(30-3)17-24(25)27)14-13-20-16-22(29-2)9-11-26(20)28/h4-12,16-18H,1,13-15H2,2-3H3/t28-/m1/s1. The zero-order valence-corrected chi connectivity index (χ0v) is 18.0. The molecule has 0 amide bonds. The fraction of sp³-hybridized carbons (Fsp3) is 0.214. The number of rotatable bonds is 6. The molecule has 1 spiro atoms. The van der Waals surface area contributed by atoms with Crippen LogP contribution >= 0.6 is 0 Å². The number of ether oxygens (including phenoxy) is 3. The maximum atomic E-state index is 5.67. The van der Waals surface area contributed by atoms with Crippen molar-refractivity contribution in [3.8, 4) is 17.2 Å². The van der Waals surface area contributed by atoms with Crippen LogP contribution in [0.15, 0.2) is 79.4 Å². The molecule has 31 heavy (non-hydrogen) atoms. The molecule has 3 aromatic rings. The molecule has 3 aromatic carbocycles. The minimum Gasteiger partial charge on any atom is -0.497 e. The molecule has 0 N–H and O–H groups in total. The lowest BCUT2D eigenvalue weighted by molar-refractivity contribution is 0.363. The van der Waals surface area contributed by atoms with Gasteiger partial charge in [0.25, 0.3) is 0 Å². The maximum Gasteiger partial charge on any atom is 0.119 e. The first kappa shape index (κ1) is 19.5. The summed E-state index contributed by atoms with van der Waals surface area (Å²) in [6, 6.07) is 21.3. The summed E-state index contributed by atoms with van der Waals surface area (Å²) >= 11 is 0. The first-order valence-electron chi connectivity index (χ1n) is 10.6. The third-order valence-corrected chi connectivity index (χ3v) is 6.50. The quantitative estimate of drug-likeness (QED) is 0.470. The van der Waals surface area contributed by atoms with Crippen LogP contribution in [-0.4, -0.2) is 20.8 Å². The fourth-order valence-electron chi connectivity index (χ4n) is 5.02. The molecule has 0 unspecified atom stereocenters. The Hall–Kier alpha value is -3.46. The smallest absolute Gasteiger partial charge is 0.119 e. The first-order valence-corrected chi connectivity index (χ1v) is 10.6. The Kier molecular flexibility index (Phi) is 4.82. The van der Waals surface area contributed by atoms with Crippen molar-refractivity contribution in [2.24, 2.45) is 0 Å². The second-order valence-electron chi connectivity index (χ2n) is 8.09. The Morgan fingerprint density at radius 1 is 0.871 bits per heavy atom. The van der Waals surface area contributed by atoms with Gasteiger partial charge in [0, 0.05) is 5.41 Å². The average Bonchev–Trinajstić information content (AvgIpc) is 3.36. The predicted octanol–water partition coefficient (Wildman–Crippen LogP) is 5.95. The molecule has 0 saturated carbocycles. The van der Waals surface area contributed by atoms with Gasteiger partial charge in [-0.15, -0.1) is 0 Å². The van der Waals surface area contributed by atoms with Gasteiger partial charge in [-0.05, 0) is 82.6 Å². The van der Waals surface area contributed by atoms with Crippen LogP contribution < -0.4 is 14.2 Å². The maximum absolute atomic E-state index is 5.67. The number of fused-ring (bicyclic) bond motifs is 4. The second kappa shape index (κ2) is 7.66. The monoisotopic (exact) mass is 410 g/mol. The number of hydrogen-bond donors (Lipinski definition) is 0. The number of methoxy groups -OCH3 is 2. The van der Waals surface area contributed by atoms with Crippen LogP contribution in [0.25, 0.3) is 5.57 Å². The molecule has 3 heteroatoms. The third kappa shape index (κ3) is 3.12. The SMILES string of the molecule is C=CCOc1ccc(C2=C[C@@]3(CCc4cc(OC)ccc43)c3ccc(OC)cc32)cc1. The van der Waals surface area contributed by atoms with E-state index < -0.39 is 0 Å². The highest BCUT2D eigenvalue weighted by Crippen LogP contribution is 2.54. The molecule has 2 aliphatic carbocycles. The van der Waals surface area contributed by atoms with Gasteiger partial charge < -0.3 is 14.2 Å². The summed E-state index contributed by atoms with van der Waals surface area (Å²) in [5.74, 6) is 2.64. The van der Waals surface area contributed by atoms with Gasteiger partial charge in [0.1, 0.15) is 23.9 Å². The lowest BCUT2D eigenvalue weighted by atomic mass is 9.77. The first-order chi connectivity index (χ1) is 15.2. The summed E-state index contributed by atoms with van der Waals surface area (Å²) in [4.78, 5) is 0. The van der Waals surface area contributed by atoms with Crippen LogP contribution in [0.2, 0.25) is 0 Å². The van der Waals surface area contributed by atoms with Crippen LogP contribution in [0.1, 0.15) is 34.2 Å². The molecule has 3 nitrogen and oxygen atoms in total. The fourth-order valence-corrected chi connectivity index (χ4v) is 5.02. The highest BCUT2D eigenvalue weighted by molar-refractivity contribution is 5.89. The van der Waals surface area contributed by atoms with Crippen molar-refractivity contribution in [1.82, 2.24) is 0 Å². The van der Waals surface area contributed by atoms with Crippen molar-refractivity contribution in [3.05, 3.63) is 107 Å². The van der Waals surface area contributed by atoms with E-state index in [2.05, 4.69) is 61.2 Å². The van der Waals surface area contributed by atoms with Gasteiger partial charge in [-0.1, -0.05) is 43.0 Å². The summed E-state index contributed by atoms with van der Waals surface area (Å²) in [5, 5.41) is 0. The zero-order valence-electron chi connectivity index (χ0n) is 18.0. The van der Waals surface area contributed by atoms with Crippen LogP contribution in [0.5, 0.6) is 17.2 Å². The van der Waals surface area contributed by atoms with Crippen molar-refractivity contribution in [3.63, 3.8) is 0 Å². The molecule has 1 atom stereocenters. The van der Waals surface area contributed by atoms with Crippen molar-refractivity contribution >= 4 is 5.57 Å². The third-order valence-electron chi connectivity index (χ3n) is 6.50. The Morgan fingerprint density at radius 2 is 1.55 bits per heavy atom. The molecule has 0 aromatic heterocycles. The van der Waals surface area contributed by atoms with Gasteiger partial charge in [-0.3, -0.25) is 0 Å². The largest absolute Gasteiger partial charge is 0.497 e. The van der Waals surface area contributed by atoms with E-state index in [1.54, 1.807) is 20.3 Å². The molecule has 0 radical (unpaired) electrons. The summed E-state index contributed by atoms with van der Waals surface area (Å²) < 4.78 is 16.7. The lowest BCUT2D eigenvalue weighted by Gasteiger charge is -2.25. The molecular formula is C28H26O3. The Balaban J connectivity index is 1.64. The van der Waals surface area contributed by atoms with Crippen LogP contribution in [-0.2, 0) is 11.8 Å². The second-order valence-corrected chi connectivity index (χ2v) is 8.09. The van der Waals surface area contributed by atoms with E-state index in [9.17, 15) is 0 Å². The summed E-state index contributed by atoms with van der Waals surface area (Å²) in [7, 11) is 3.45. The lowest BCUT2D eigenvalue weighted by Crippen LogP contribution is -2.19. The highest BCUT2D eigenvalue weighted by atomic mass is 16.5. The zero-order chi connectivity index (χ0) is 21.4. The van der Waals surface area contributed by atoms with Crippen LogP contribution in [0, 0.1) is 0 Å². The molecule has 0 saturated heterocycles. The minimum absolute atomic E-state index is 0.115. The Labute approximate surface area is 183 Å². The molecule has 156 valence electrons. The molecule has 2 aliphatic rings. The average molecular weight is 411 g/mol. The number of allylic oxidation sites excluding steroid dienone is 1. The molecule has 0 fully saturated rings. The topological polar surface area (TPSA) is 27.7 Å². The summed E-state index contributed by atoms with van der Waals surface area (Å²) in [6.45, 7) is 4.22. The van der Waals surface area contributed by atoms with E-state index in [-0.39, 0.29) is 5.41 Å². The molecule has 0 heterocycles. The number of aryl methyl sites for hydroxylation is 1. The van der Waals surface area contributed by atoms with Gasteiger partial charge in [0.05, 0.1) is 14.2 Å². The highest BCUT2D eigenvalue weighted by Gasteiger charge is 2.44. The van der Waals surface area contributed by atoms with E-state index >= 15 is 0 Å². The van der Waals surface area contributed by atoms with E-state index in [0.29, 0.717) is 6.61 Å². The van der Waals surface area contributed by atoms with Crippen LogP contribution in [0.4, 0.5) is 0 Å². The Bertz CT molecular complexity index is 1170. The van der Waals surface area contributed by atoms with Crippen molar-refractivity contribution < 1.29 is 14.2 Å². The molecule has 5 rings (SSSR count). The van der Waals surface area contributed by atoms with Gasteiger partial charge in [-0.2, -0.15) is 0 Å². The van der Waals surface area contributed by atoms with Crippen molar-refractivity contribution in [1.29, 1.82) is 0 Å². The van der Waals surface area contributed by atoms with Crippen LogP contribution in [0.3, 0.4) is 0 Å². The van der Waals surface area contributed by atoms with Crippen molar-refractivity contribution in [2.75, 3.05) is 20.8 Å². The Morgan fingerprint density at radius 3 is 2.26 bits per heavy atom. The number of benzene rings is 3. The van der Waals surface area contributed by atoms with Gasteiger partial charge in [0.2, 0.25) is 0 Å². The van der Waals surface area contributed by atoms with E-state index in [0.717, 1.165) is 30.1 Å². The number of hydrogen-bond acceptors (Lipinski definition) is 3. The van der Waals surface area contributed by atoms with Gasteiger partial charge in [0.15, 0.2) is 0 Å². The minimum atomic E-state index is -0.115. The van der Waals surface area contributed by atoms with E-state index in [1.165, 1.54) is 33.4 Å². The normalized spacial score (nSPS) is 18.3. The van der Waals surface area contributed by atoms with E-state index in [1.807, 2.05) is 12.1 Å². The molecular weight excluding hydrogens is 384 g/mol. The van der Waals surface area contributed by atoms with Gasteiger partial charge in [-0.25, -0.2) is 0 Å². The predicted molar refractivity (Wildman–Crippen MR) is 124 cm³/mol. The molecule has 0 aliphatic heterocycles. The van der Waals surface area contributed by atoms with Crippen molar-refractivity contribution in [2.45, 2.75) is 18.3 Å². The van der Waals surface area contributed by atoms with Gasteiger partial charge >= 0.3 is 0 Å². The molecule has 0 bridgehead atoms.